The molecule has 1 saturated heterocycles. The number of pyridine rings is 1. The average molecular weight is 270 g/mol. The molecule has 0 atom stereocenters. The van der Waals surface area contributed by atoms with Crippen molar-refractivity contribution in [3.8, 4) is 0 Å². The number of rotatable bonds is 1. The van der Waals surface area contributed by atoms with Crippen LogP contribution in [0.5, 0.6) is 0 Å². The van der Waals surface area contributed by atoms with Crippen LogP contribution in [0.15, 0.2) is 18.2 Å². The molecular formula is C15H24BNO2. The quantitative estimate of drug-likeness (QED) is 0.735. The lowest BCUT2D eigenvalue weighted by Crippen LogP contribution is -2.41. The van der Waals surface area contributed by atoms with Gasteiger partial charge in [0.05, 0.1) is 16.8 Å². The third-order valence-corrected chi connectivity index (χ3v) is 3.65. The highest BCUT2D eigenvalue weighted by atomic mass is 16.7. The molecule has 1 fully saturated rings. The van der Waals surface area contributed by atoms with Crippen molar-refractivity contribution in [2.45, 2.75) is 64.9 Å². The van der Waals surface area contributed by atoms with Gasteiger partial charge in [-0.3, -0.25) is 4.98 Å². The minimum Gasteiger partial charge on any atom is -0.398 e. The lowest BCUT2D eigenvalue weighted by Gasteiger charge is -2.32. The Morgan fingerprint density at radius 2 is 1.68 bits per heavy atom. The number of nitrogens with zero attached hydrogens (tertiary/aromatic N) is 1. The number of hydrogen-bond donors (Lipinski definition) is 0. The maximum Gasteiger partial charge on any atom is 0.514 e. The standard InChI is InChI=1S/C15H24BNO2/c1-13(2,3)11-9-8-10-12(17-11)16-18-14(4,5)15(6,7)19-16/h8-10H,1-7H3/i1D3,2D3,3D3. The first kappa shape index (κ1) is 6.73. The summed E-state index contributed by atoms with van der Waals surface area (Å²) in [5.74, 6) is 0. The van der Waals surface area contributed by atoms with Crippen molar-refractivity contribution in [3.63, 3.8) is 0 Å². The molecule has 2 rings (SSSR count). The van der Waals surface area contributed by atoms with Gasteiger partial charge in [-0.15, -0.1) is 0 Å². The molecule has 3 nitrogen and oxygen atoms in total. The predicted molar refractivity (Wildman–Crippen MR) is 78.7 cm³/mol. The van der Waals surface area contributed by atoms with E-state index in [0.29, 0.717) is 0 Å². The van der Waals surface area contributed by atoms with Crippen LogP contribution < -0.4 is 5.59 Å². The molecular weight excluding hydrogens is 237 g/mol. The first-order valence-corrected chi connectivity index (χ1v) is 6.11. The molecule has 4 heteroatoms. The van der Waals surface area contributed by atoms with E-state index in [2.05, 4.69) is 4.98 Å². The van der Waals surface area contributed by atoms with Crippen molar-refractivity contribution in [2.75, 3.05) is 0 Å². The van der Waals surface area contributed by atoms with Crippen LogP contribution in [0.25, 0.3) is 0 Å². The van der Waals surface area contributed by atoms with Crippen molar-refractivity contribution in [1.82, 2.24) is 4.98 Å². The Labute approximate surface area is 129 Å². The Morgan fingerprint density at radius 1 is 1.11 bits per heavy atom. The van der Waals surface area contributed by atoms with E-state index in [1.807, 2.05) is 27.7 Å². The van der Waals surface area contributed by atoms with E-state index in [-0.39, 0.29) is 5.59 Å². The van der Waals surface area contributed by atoms with Crippen LogP contribution in [-0.4, -0.2) is 23.3 Å². The highest BCUT2D eigenvalue weighted by Gasteiger charge is 2.52. The molecule has 1 aliphatic rings. The third-order valence-electron chi connectivity index (χ3n) is 3.65. The Hall–Kier alpha value is -0.865. The van der Waals surface area contributed by atoms with Crippen molar-refractivity contribution in [1.29, 1.82) is 0 Å². The summed E-state index contributed by atoms with van der Waals surface area (Å²) < 4.78 is 82.0. The highest BCUT2D eigenvalue weighted by Crippen LogP contribution is 2.36. The lowest BCUT2D eigenvalue weighted by atomic mass is 9.82. The van der Waals surface area contributed by atoms with E-state index in [0.717, 1.165) is 6.07 Å². The summed E-state index contributed by atoms with van der Waals surface area (Å²) in [6, 6.07) is 3.95. The Morgan fingerprint density at radius 3 is 2.21 bits per heavy atom. The molecule has 104 valence electrons. The molecule has 1 aromatic rings. The second-order valence-electron chi connectivity index (χ2n) is 5.79. The van der Waals surface area contributed by atoms with Crippen LogP contribution in [-0.2, 0) is 14.7 Å². The summed E-state index contributed by atoms with van der Waals surface area (Å²) >= 11 is 0. The summed E-state index contributed by atoms with van der Waals surface area (Å²) in [4.78, 5) is 4.13. The Bertz CT molecular complexity index is 688. The molecule has 0 aromatic carbocycles. The van der Waals surface area contributed by atoms with Crippen LogP contribution in [0.2, 0.25) is 0 Å². The SMILES string of the molecule is [2H]C([2H])([2H])C(c1cccc(B2OC(C)(C)C(C)(C)O2)n1)(C([2H])([2H])[2H])C([2H])([2H])[2H]. The van der Waals surface area contributed by atoms with E-state index in [1.54, 1.807) is 0 Å². The van der Waals surface area contributed by atoms with Crippen LogP contribution >= 0.6 is 0 Å². The number of aromatic nitrogens is 1. The molecule has 0 amide bonds. The van der Waals surface area contributed by atoms with Crippen LogP contribution in [0.4, 0.5) is 0 Å². The first-order chi connectivity index (χ1) is 12.3. The van der Waals surface area contributed by atoms with Crippen molar-refractivity contribution in [2.24, 2.45) is 0 Å². The monoisotopic (exact) mass is 270 g/mol. The van der Waals surface area contributed by atoms with Gasteiger partial charge in [0.1, 0.15) is 0 Å². The van der Waals surface area contributed by atoms with Gasteiger partial charge in [-0.05, 0) is 39.8 Å². The van der Waals surface area contributed by atoms with Gasteiger partial charge in [0.25, 0.3) is 0 Å². The fourth-order valence-corrected chi connectivity index (χ4v) is 1.76. The minimum absolute atomic E-state index is 0.110. The molecule has 0 aliphatic carbocycles. The van der Waals surface area contributed by atoms with Gasteiger partial charge in [0.15, 0.2) is 0 Å². The molecule has 0 spiro atoms. The minimum atomic E-state index is -3.37. The van der Waals surface area contributed by atoms with E-state index < -0.39 is 50.0 Å². The second kappa shape index (κ2) is 4.32. The van der Waals surface area contributed by atoms with Crippen molar-refractivity contribution in [3.05, 3.63) is 23.9 Å². The van der Waals surface area contributed by atoms with Crippen molar-refractivity contribution < 1.29 is 21.6 Å². The van der Waals surface area contributed by atoms with Crippen LogP contribution in [0.3, 0.4) is 0 Å². The molecule has 0 unspecified atom stereocenters. The summed E-state index contributed by atoms with van der Waals surface area (Å²) in [5, 5.41) is 0. The van der Waals surface area contributed by atoms with E-state index in [9.17, 15) is 0 Å². The summed E-state index contributed by atoms with van der Waals surface area (Å²) in [5.41, 5.74) is -5.03. The third kappa shape index (κ3) is 2.70. The van der Waals surface area contributed by atoms with Crippen LogP contribution in [0, 0.1) is 0 Å². The van der Waals surface area contributed by atoms with Crippen LogP contribution in [0.1, 0.15) is 66.3 Å². The largest absolute Gasteiger partial charge is 0.514 e. The topological polar surface area (TPSA) is 31.4 Å². The first-order valence-electron chi connectivity index (χ1n) is 10.6. The van der Waals surface area contributed by atoms with Gasteiger partial charge >= 0.3 is 7.12 Å². The fraction of sp³-hybridized carbons (Fsp3) is 0.667. The molecule has 0 radical (unpaired) electrons. The zero-order valence-corrected chi connectivity index (χ0v) is 11.6. The second-order valence-corrected chi connectivity index (χ2v) is 5.79. The average Bonchev–Trinajstić information content (AvgIpc) is 2.63. The van der Waals surface area contributed by atoms with E-state index in [1.165, 1.54) is 12.1 Å². The molecule has 0 saturated carbocycles. The maximum absolute atomic E-state index is 7.80. The van der Waals surface area contributed by atoms with Gasteiger partial charge in [-0.1, -0.05) is 26.6 Å². The molecule has 2 heterocycles. The smallest absolute Gasteiger partial charge is 0.398 e. The maximum atomic E-state index is 7.80. The molecule has 0 bridgehead atoms. The number of hydrogen-bond acceptors (Lipinski definition) is 3. The summed E-state index contributed by atoms with van der Waals surface area (Å²) in [7, 11) is -0.993. The fourth-order valence-electron chi connectivity index (χ4n) is 1.76. The normalized spacial score (nSPS) is 30.7. The molecule has 0 N–H and O–H groups in total. The Kier molecular flexibility index (Phi) is 1.53. The Balaban J connectivity index is 2.68. The van der Waals surface area contributed by atoms with Gasteiger partial charge in [0, 0.05) is 23.4 Å². The van der Waals surface area contributed by atoms with Gasteiger partial charge in [-0.2, -0.15) is 0 Å². The molecule has 1 aromatic heterocycles. The van der Waals surface area contributed by atoms with Gasteiger partial charge in [-0.25, -0.2) is 0 Å². The highest BCUT2D eigenvalue weighted by molar-refractivity contribution is 6.61. The summed E-state index contributed by atoms with van der Waals surface area (Å²) in [6.45, 7) is -2.85. The van der Waals surface area contributed by atoms with Gasteiger partial charge < -0.3 is 9.31 Å². The van der Waals surface area contributed by atoms with Crippen molar-refractivity contribution >= 4 is 12.7 Å². The van der Waals surface area contributed by atoms with E-state index in [4.69, 9.17) is 21.6 Å². The van der Waals surface area contributed by atoms with E-state index >= 15 is 0 Å². The summed E-state index contributed by atoms with van der Waals surface area (Å²) in [6.07, 6.45) is 0. The molecule has 19 heavy (non-hydrogen) atoms. The van der Waals surface area contributed by atoms with Gasteiger partial charge in [0.2, 0.25) is 0 Å². The zero-order valence-electron chi connectivity index (χ0n) is 20.6. The zero-order chi connectivity index (χ0) is 22.0. The molecule has 1 aliphatic heterocycles. The predicted octanol–water partition coefficient (Wildman–Crippen LogP) is 2.68. The lowest BCUT2D eigenvalue weighted by molar-refractivity contribution is 0.00578.